The van der Waals surface area contributed by atoms with Gasteiger partial charge in [0.15, 0.2) is 0 Å². The van der Waals surface area contributed by atoms with Crippen LogP contribution < -0.4 is 0 Å². The molecule has 0 aliphatic heterocycles. The molecular formula is C17H18ClN3. The van der Waals surface area contributed by atoms with Gasteiger partial charge in [-0.1, -0.05) is 41.9 Å². The normalized spacial score (nSPS) is 13.0. The highest BCUT2D eigenvalue weighted by atomic mass is 35.5. The number of imidazole rings is 1. The third kappa shape index (κ3) is 2.94. The van der Waals surface area contributed by atoms with Gasteiger partial charge in [0.05, 0.1) is 11.7 Å². The predicted octanol–water partition coefficient (Wildman–Crippen LogP) is 4.18. The van der Waals surface area contributed by atoms with Gasteiger partial charge in [0.25, 0.3) is 0 Å². The molecule has 3 nitrogen and oxygen atoms in total. The van der Waals surface area contributed by atoms with Gasteiger partial charge in [0, 0.05) is 12.6 Å². The van der Waals surface area contributed by atoms with E-state index in [-0.39, 0.29) is 0 Å². The number of pyridine rings is 1. The SMILES string of the molecule is C[C@H](c1ccccc1)N(C)Cc1cc(Cl)n2cncc2c1. The van der Waals surface area contributed by atoms with Crippen molar-refractivity contribution in [2.45, 2.75) is 19.5 Å². The summed E-state index contributed by atoms with van der Waals surface area (Å²) in [5.74, 6) is 0. The van der Waals surface area contributed by atoms with Crippen molar-refractivity contribution in [2.75, 3.05) is 7.05 Å². The van der Waals surface area contributed by atoms with E-state index in [4.69, 9.17) is 11.6 Å². The van der Waals surface area contributed by atoms with Gasteiger partial charge in [-0.05, 0) is 37.2 Å². The number of fused-ring (bicyclic) bond motifs is 1. The highest BCUT2D eigenvalue weighted by Crippen LogP contribution is 2.22. The van der Waals surface area contributed by atoms with Gasteiger partial charge < -0.3 is 0 Å². The van der Waals surface area contributed by atoms with Crippen LogP contribution in [0.1, 0.15) is 24.1 Å². The van der Waals surface area contributed by atoms with E-state index in [9.17, 15) is 0 Å². The fourth-order valence-corrected chi connectivity index (χ4v) is 2.83. The Labute approximate surface area is 129 Å². The lowest BCUT2D eigenvalue weighted by molar-refractivity contribution is 0.253. The maximum Gasteiger partial charge on any atom is 0.114 e. The zero-order valence-electron chi connectivity index (χ0n) is 12.2. The van der Waals surface area contributed by atoms with Crippen LogP contribution in [0.4, 0.5) is 0 Å². The van der Waals surface area contributed by atoms with Crippen molar-refractivity contribution in [3.8, 4) is 0 Å². The molecule has 0 amide bonds. The topological polar surface area (TPSA) is 20.5 Å². The van der Waals surface area contributed by atoms with Gasteiger partial charge in [0.1, 0.15) is 11.5 Å². The van der Waals surface area contributed by atoms with E-state index in [1.54, 1.807) is 6.33 Å². The quantitative estimate of drug-likeness (QED) is 0.674. The second-order valence-electron chi connectivity index (χ2n) is 5.38. The van der Waals surface area contributed by atoms with Crippen LogP contribution in [0.2, 0.25) is 5.15 Å². The summed E-state index contributed by atoms with van der Waals surface area (Å²) in [6, 6.07) is 15.0. The largest absolute Gasteiger partial charge is 0.295 e. The first kappa shape index (κ1) is 14.1. The molecule has 3 aromatic rings. The van der Waals surface area contributed by atoms with Crippen LogP contribution in [0.5, 0.6) is 0 Å². The molecule has 0 saturated heterocycles. The lowest BCUT2D eigenvalue weighted by Gasteiger charge is -2.25. The Bertz CT molecular complexity index is 736. The van der Waals surface area contributed by atoms with Crippen molar-refractivity contribution in [3.05, 3.63) is 71.3 Å². The van der Waals surface area contributed by atoms with Crippen LogP contribution in [0.3, 0.4) is 0 Å². The fourth-order valence-electron chi connectivity index (χ4n) is 2.55. The average molecular weight is 300 g/mol. The molecule has 0 bridgehead atoms. The second-order valence-corrected chi connectivity index (χ2v) is 5.76. The van der Waals surface area contributed by atoms with Crippen LogP contribution in [-0.2, 0) is 6.54 Å². The Morgan fingerprint density at radius 2 is 2.00 bits per heavy atom. The van der Waals surface area contributed by atoms with E-state index >= 15 is 0 Å². The summed E-state index contributed by atoms with van der Waals surface area (Å²) >= 11 is 6.29. The molecule has 4 heteroatoms. The molecule has 0 saturated carbocycles. The van der Waals surface area contributed by atoms with E-state index in [0.29, 0.717) is 11.2 Å². The molecule has 0 radical (unpaired) electrons. The molecule has 108 valence electrons. The maximum absolute atomic E-state index is 6.29. The first-order valence-corrected chi connectivity index (χ1v) is 7.38. The molecule has 0 N–H and O–H groups in total. The number of hydrogen-bond acceptors (Lipinski definition) is 2. The summed E-state index contributed by atoms with van der Waals surface area (Å²) in [6.45, 7) is 3.06. The molecule has 2 aromatic heterocycles. The molecule has 3 rings (SSSR count). The van der Waals surface area contributed by atoms with Crippen molar-refractivity contribution in [3.63, 3.8) is 0 Å². The molecule has 1 aromatic carbocycles. The molecule has 0 unspecified atom stereocenters. The van der Waals surface area contributed by atoms with E-state index in [1.165, 1.54) is 11.1 Å². The molecule has 21 heavy (non-hydrogen) atoms. The summed E-state index contributed by atoms with van der Waals surface area (Å²) in [5.41, 5.74) is 3.54. The Kier molecular flexibility index (Phi) is 3.95. The molecule has 0 spiro atoms. The first-order valence-electron chi connectivity index (χ1n) is 7.01. The fraction of sp³-hybridized carbons (Fsp3) is 0.235. The Morgan fingerprint density at radius 1 is 1.24 bits per heavy atom. The Morgan fingerprint density at radius 3 is 2.76 bits per heavy atom. The van der Waals surface area contributed by atoms with Gasteiger partial charge in [-0.3, -0.25) is 9.30 Å². The maximum atomic E-state index is 6.29. The van der Waals surface area contributed by atoms with Crippen LogP contribution in [0, 0.1) is 0 Å². The number of benzene rings is 1. The molecule has 0 fully saturated rings. The molecular weight excluding hydrogens is 282 g/mol. The van der Waals surface area contributed by atoms with Crippen LogP contribution >= 0.6 is 11.6 Å². The summed E-state index contributed by atoms with van der Waals surface area (Å²) in [4.78, 5) is 6.44. The van der Waals surface area contributed by atoms with E-state index < -0.39 is 0 Å². The van der Waals surface area contributed by atoms with E-state index in [0.717, 1.165) is 12.1 Å². The van der Waals surface area contributed by atoms with Crippen molar-refractivity contribution in [1.82, 2.24) is 14.3 Å². The highest BCUT2D eigenvalue weighted by molar-refractivity contribution is 6.29. The highest BCUT2D eigenvalue weighted by Gasteiger charge is 2.12. The molecule has 1 atom stereocenters. The number of nitrogens with zero attached hydrogens (tertiary/aromatic N) is 3. The van der Waals surface area contributed by atoms with Crippen molar-refractivity contribution < 1.29 is 0 Å². The Hall–Kier alpha value is -1.84. The van der Waals surface area contributed by atoms with Crippen LogP contribution in [-0.4, -0.2) is 21.3 Å². The zero-order valence-corrected chi connectivity index (χ0v) is 13.0. The minimum Gasteiger partial charge on any atom is -0.295 e. The third-order valence-corrected chi connectivity index (χ3v) is 4.20. The molecule has 0 aliphatic carbocycles. The monoisotopic (exact) mass is 299 g/mol. The summed E-state index contributed by atoms with van der Waals surface area (Å²) in [6.07, 6.45) is 3.56. The lowest BCUT2D eigenvalue weighted by atomic mass is 10.1. The van der Waals surface area contributed by atoms with Crippen LogP contribution in [0.15, 0.2) is 55.0 Å². The molecule has 2 heterocycles. The summed E-state index contributed by atoms with van der Waals surface area (Å²) < 4.78 is 1.88. The standard InChI is InChI=1S/C17H18ClN3/c1-13(15-6-4-3-5-7-15)20(2)11-14-8-16-10-19-12-21(16)17(18)9-14/h3-10,12-13H,11H2,1-2H3/t13-/m1/s1. The summed E-state index contributed by atoms with van der Waals surface area (Å²) in [7, 11) is 2.13. The Balaban J connectivity index is 1.81. The zero-order chi connectivity index (χ0) is 14.8. The van der Waals surface area contributed by atoms with E-state index in [1.807, 2.05) is 22.7 Å². The average Bonchev–Trinajstić information content (AvgIpc) is 2.96. The number of hydrogen-bond donors (Lipinski definition) is 0. The number of aromatic nitrogens is 2. The first-order chi connectivity index (χ1) is 10.1. The summed E-state index contributed by atoms with van der Waals surface area (Å²) in [5, 5.41) is 0.695. The minimum absolute atomic E-state index is 0.353. The molecule has 0 aliphatic rings. The smallest absolute Gasteiger partial charge is 0.114 e. The van der Waals surface area contributed by atoms with Gasteiger partial charge >= 0.3 is 0 Å². The lowest BCUT2D eigenvalue weighted by Crippen LogP contribution is -2.22. The van der Waals surface area contributed by atoms with Crippen molar-refractivity contribution >= 4 is 17.1 Å². The van der Waals surface area contributed by atoms with Gasteiger partial charge in [-0.15, -0.1) is 0 Å². The van der Waals surface area contributed by atoms with Gasteiger partial charge in [-0.25, -0.2) is 4.98 Å². The minimum atomic E-state index is 0.353. The number of rotatable bonds is 4. The van der Waals surface area contributed by atoms with E-state index in [2.05, 4.69) is 54.2 Å². The second kappa shape index (κ2) is 5.88. The van der Waals surface area contributed by atoms with Gasteiger partial charge in [-0.2, -0.15) is 0 Å². The number of halogens is 1. The van der Waals surface area contributed by atoms with Crippen molar-refractivity contribution in [2.24, 2.45) is 0 Å². The predicted molar refractivity (Wildman–Crippen MR) is 86.5 cm³/mol. The van der Waals surface area contributed by atoms with Gasteiger partial charge in [0.2, 0.25) is 0 Å². The third-order valence-electron chi connectivity index (χ3n) is 3.91. The van der Waals surface area contributed by atoms with Crippen LogP contribution in [0.25, 0.3) is 5.52 Å². The van der Waals surface area contributed by atoms with Crippen molar-refractivity contribution in [1.29, 1.82) is 0 Å².